The molecule has 0 bridgehead atoms. The van der Waals surface area contributed by atoms with Crippen LogP contribution in [0.2, 0.25) is 0 Å². The molecule has 0 saturated heterocycles. The van der Waals surface area contributed by atoms with Crippen LogP contribution in [0.3, 0.4) is 0 Å². The second-order valence-electron chi connectivity index (χ2n) is 3.36. The first-order valence-corrected chi connectivity index (χ1v) is 4.77. The minimum atomic E-state index is -4.71. The van der Waals surface area contributed by atoms with E-state index in [1.165, 1.54) is 19.2 Å². The predicted molar refractivity (Wildman–Crippen MR) is 56.4 cm³/mol. The third-order valence-electron chi connectivity index (χ3n) is 2.17. The van der Waals surface area contributed by atoms with Gasteiger partial charge in [-0.05, 0) is 17.7 Å². The third-order valence-corrected chi connectivity index (χ3v) is 2.17. The molecule has 1 unspecified atom stereocenters. The zero-order chi connectivity index (χ0) is 13.1. The molecule has 1 aromatic rings. The summed E-state index contributed by atoms with van der Waals surface area (Å²) < 4.78 is 43.9. The molecular formula is C10H10BF3O3. The van der Waals surface area contributed by atoms with Gasteiger partial charge < -0.3 is 9.47 Å². The molecule has 0 aliphatic heterocycles. The Balaban J connectivity index is 2.78. The van der Waals surface area contributed by atoms with E-state index in [1.54, 1.807) is 7.85 Å². The minimum Gasteiger partial charge on any atom is -0.469 e. The first kappa shape index (κ1) is 13.4. The zero-order valence-corrected chi connectivity index (χ0v) is 9.25. The topological polar surface area (TPSA) is 35.5 Å². The Morgan fingerprint density at radius 3 is 2.24 bits per heavy atom. The number of benzene rings is 1. The van der Waals surface area contributed by atoms with Crippen LogP contribution in [-0.4, -0.2) is 27.3 Å². The average molecular weight is 246 g/mol. The molecule has 1 atom stereocenters. The van der Waals surface area contributed by atoms with Crippen LogP contribution in [0.15, 0.2) is 24.3 Å². The molecule has 0 saturated carbocycles. The summed E-state index contributed by atoms with van der Waals surface area (Å²) in [6.45, 7) is 0. The van der Waals surface area contributed by atoms with Gasteiger partial charge in [-0.1, -0.05) is 12.1 Å². The normalized spacial score (nSPS) is 12.9. The highest BCUT2D eigenvalue weighted by Crippen LogP contribution is 2.24. The summed E-state index contributed by atoms with van der Waals surface area (Å²) >= 11 is 0. The zero-order valence-electron chi connectivity index (χ0n) is 9.25. The van der Waals surface area contributed by atoms with Gasteiger partial charge in [0.15, 0.2) is 0 Å². The number of ether oxygens (including phenoxy) is 2. The fourth-order valence-electron chi connectivity index (χ4n) is 1.27. The summed E-state index contributed by atoms with van der Waals surface area (Å²) in [5.74, 6) is -1.30. The number of hydrogen-bond acceptors (Lipinski definition) is 3. The molecule has 0 fully saturated rings. The predicted octanol–water partition coefficient (Wildman–Crippen LogP) is 1.43. The van der Waals surface area contributed by atoms with Crippen LogP contribution in [-0.2, 0) is 9.53 Å². The van der Waals surface area contributed by atoms with Crippen molar-refractivity contribution in [2.45, 2.75) is 12.2 Å². The number of carbonyl (C=O) groups excluding carboxylic acids is 1. The SMILES string of the molecule is BC(C(=O)OC)c1ccc(OC(F)(F)F)cc1. The van der Waals surface area contributed by atoms with E-state index in [2.05, 4.69) is 9.47 Å². The summed E-state index contributed by atoms with van der Waals surface area (Å²) in [5.41, 5.74) is 0.561. The number of carbonyl (C=O) groups is 1. The molecular weight excluding hydrogens is 236 g/mol. The second-order valence-corrected chi connectivity index (χ2v) is 3.36. The van der Waals surface area contributed by atoms with Crippen LogP contribution in [0.5, 0.6) is 5.75 Å². The van der Waals surface area contributed by atoms with E-state index in [0.717, 1.165) is 12.1 Å². The highest BCUT2D eigenvalue weighted by Gasteiger charge is 2.31. The maximum atomic E-state index is 11.9. The Hall–Kier alpha value is -1.66. The molecule has 0 aliphatic rings. The van der Waals surface area contributed by atoms with Gasteiger partial charge in [-0.2, -0.15) is 0 Å². The van der Waals surface area contributed by atoms with Crippen molar-refractivity contribution in [2.24, 2.45) is 0 Å². The fraction of sp³-hybridized carbons (Fsp3) is 0.300. The lowest BCUT2D eigenvalue weighted by molar-refractivity contribution is -0.274. The van der Waals surface area contributed by atoms with Crippen molar-refractivity contribution in [1.29, 1.82) is 0 Å². The molecule has 0 spiro atoms. The van der Waals surface area contributed by atoms with Crippen molar-refractivity contribution in [3.63, 3.8) is 0 Å². The maximum absolute atomic E-state index is 11.9. The third kappa shape index (κ3) is 4.01. The summed E-state index contributed by atoms with van der Waals surface area (Å²) in [4.78, 5) is 11.2. The Morgan fingerprint density at radius 1 is 1.29 bits per heavy atom. The first-order chi connectivity index (χ1) is 7.83. The van der Waals surface area contributed by atoms with Crippen molar-refractivity contribution >= 4 is 13.8 Å². The van der Waals surface area contributed by atoms with Gasteiger partial charge in [0.2, 0.25) is 0 Å². The van der Waals surface area contributed by atoms with E-state index < -0.39 is 18.1 Å². The number of esters is 1. The Labute approximate surface area is 96.9 Å². The molecule has 92 valence electrons. The van der Waals surface area contributed by atoms with Crippen molar-refractivity contribution in [3.05, 3.63) is 29.8 Å². The van der Waals surface area contributed by atoms with Crippen LogP contribution in [0, 0.1) is 0 Å². The van der Waals surface area contributed by atoms with Crippen LogP contribution >= 0.6 is 0 Å². The highest BCUT2D eigenvalue weighted by atomic mass is 19.4. The van der Waals surface area contributed by atoms with Gasteiger partial charge in [-0.25, -0.2) is 0 Å². The van der Waals surface area contributed by atoms with Gasteiger partial charge in [0.1, 0.15) is 13.6 Å². The van der Waals surface area contributed by atoms with Crippen molar-refractivity contribution in [2.75, 3.05) is 7.11 Å². The lowest BCUT2D eigenvalue weighted by atomic mass is 9.81. The van der Waals surface area contributed by atoms with E-state index >= 15 is 0 Å². The van der Waals surface area contributed by atoms with Gasteiger partial charge in [0.05, 0.1) is 12.9 Å². The van der Waals surface area contributed by atoms with Crippen LogP contribution in [0.1, 0.15) is 11.4 Å². The molecule has 0 amide bonds. The number of alkyl halides is 3. The minimum absolute atomic E-state index is 0.321. The lowest BCUT2D eigenvalue weighted by Gasteiger charge is -2.11. The van der Waals surface area contributed by atoms with Crippen LogP contribution < -0.4 is 4.74 Å². The molecule has 1 rings (SSSR count). The summed E-state index contributed by atoms with van der Waals surface area (Å²) in [5, 5.41) is 0. The molecule has 0 heterocycles. The molecule has 0 N–H and O–H groups in total. The highest BCUT2D eigenvalue weighted by molar-refractivity contribution is 6.23. The second kappa shape index (κ2) is 5.12. The maximum Gasteiger partial charge on any atom is 0.573 e. The molecule has 1 aromatic carbocycles. The number of halogens is 3. The average Bonchev–Trinajstić information content (AvgIpc) is 2.26. The molecule has 17 heavy (non-hydrogen) atoms. The summed E-state index contributed by atoms with van der Waals surface area (Å²) in [7, 11) is 2.85. The van der Waals surface area contributed by atoms with E-state index in [0.29, 0.717) is 5.56 Å². The first-order valence-electron chi connectivity index (χ1n) is 4.77. The Morgan fingerprint density at radius 2 is 1.82 bits per heavy atom. The van der Waals surface area contributed by atoms with Crippen LogP contribution in [0.4, 0.5) is 13.2 Å². The Bertz CT molecular complexity index is 389. The Kier molecular flexibility index (Phi) is 4.04. The van der Waals surface area contributed by atoms with Crippen molar-refractivity contribution < 1.29 is 27.4 Å². The van der Waals surface area contributed by atoms with E-state index in [4.69, 9.17) is 0 Å². The molecule has 7 heteroatoms. The molecule has 0 radical (unpaired) electrons. The summed E-state index contributed by atoms with van der Waals surface area (Å²) in [6, 6.07) is 5.09. The summed E-state index contributed by atoms with van der Waals surface area (Å²) in [6.07, 6.45) is -4.71. The molecule has 3 nitrogen and oxygen atoms in total. The lowest BCUT2D eigenvalue weighted by Crippen LogP contribution is -2.17. The van der Waals surface area contributed by atoms with Gasteiger partial charge in [0, 0.05) is 0 Å². The quantitative estimate of drug-likeness (QED) is 0.597. The van der Waals surface area contributed by atoms with E-state index in [-0.39, 0.29) is 5.75 Å². The van der Waals surface area contributed by atoms with Gasteiger partial charge in [0.25, 0.3) is 0 Å². The number of hydrogen-bond donors (Lipinski definition) is 0. The monoisotopic (exact) mass is 246 g/mol. The van der Waals surface area contributed by atoms with Gasteiger partial charge in [-0.15, -0.1) is 13.2 Å². The smallest absolute Gasteiger partial charge is 0.469 e. The van der Waals surface area contributed by atoms with E-state index in [1.807, 2.05) is 0 Å². The van der Waals surface area contributed by atoms with Crippen molar-refractivity contribution in [1.82, 2.24) is 0 Å². The van der Waals surface area contributed by atoms with Gasteiger partial charge in [-0.3, -0.25) is 4.79 Å². The van der Waals surface area contributed by atoms with Crippen molar-refractivity contribution in [3.8, 4) is 5.75 Å². The largest absolute Gasteiger partial charge is 0.573 e. The number of rotatable bonds is 3. The molecule has 0 aromatic heterocycles. The van der Waals surface area contributed by atoms with Gasteiger partial charge >= 0.3 is 12.3 Å². The standard InChI is InChI=1S/C10H10BF3O3/c1-16-9(15)8(11)6-2-4-7(5-3-6)17-10(12,13)14/h2-5,8H,11H2,1H3. The molecule has 0 aliphatic carbocycles. The van der Waals surface area contributed by atoms with Crippen LogP contribution in [0.25, 0.3) is 0 Å². The number of methoxy groups -OCH3 is 1. The van der Waals surface area contributed by atoms with E-state index in [9.17, 15) is 18.0 Å². The fourth-order valence-corrected chi connectivity index (χ4v) is 1.27.